The zero-order chi connectivity index (χ0) is 14.9. The molecule has 2 rings (SSSR count). The fourth-order valence-electron chi connectivity index (χ4n) is 2.35. The van der Waals surface area contributed by atoms with Crippen molar-refractivity contribution in [2.45, 2.75) is 18.3 Å². The van der Waals surface area contributed by atoms with Crippen molar-refractivity contribution in [2.24, 2.45) is 5.84 Å². The summed E-state index contributed by atoms with van der Waals surface area (Å²) in [4.78, 5) is 8.22. The van der Waals surface area contributed by atoms with Crippen LogP contribution in [-0.4, -0.2) is 54.6 Å². The standard InChI is InChI=1S/C11H18F3N5S/c1-18-3-4-19(2)7(6-18)9(17-15)8-5-16-10(20-8)11(12,13)14/h5,7,9,17H,3-4,6,15H2,1-2H3. The van der Waals surface area contributed by atoms with Gasteiger partial charge >= 0.3 is 6.18 Å². The fraction of sp³-hybridized carbons (Fsp3) is 0.727. The van der Waals surface area contributed by atoms with Crippen LogP contribution < -0.4 is 11.3 Å². The largest absolute Gasteiger partial charge is 0.443 e. The zero-order valence-electron chi connectivity index (χ0n) is 11.3. The molecule has 3 N–H and O–H groups in total. The summed E-state index contributed by atoms with van der Waals surface area (Å²) < 4.78 is 37.9. The van der Waals surface area contributed by atoms with E-state index >= 15 is 0 Å². The van der Waals surface area contributed by atoms with Gasteiger partial charge in [0.2, 0.25) is 0 Å². The zero-order valence-corrected chi connectivity index (χ0v) is 12.1. The molecule has 0 spiro atoms. The molecule has 1 fully saturated rings. The van der Waals surface area contributed by atoms with Crippen LogP contribution in [0.5, 0.6) is 0 Å². The number of halogens is 3. The van der Waals surface area contributed by atoms with Gasteiger partial charge in [0.05, 0.1) is 6.04 Å². The predicted octanol–water partition coefficient (Wildman–Crippen LogP) is 0.912. The lowest BCUT2D eigenvalue weighted by molar-refractivity contribution is -0.137. The maximum Gasteiger partial charge on any atom is 0.443 e. The molecule has 1 aliphatic heterocycles. The molecule has 1 aliphatic rings. The first-order chi connectivity index (χ1) is 9.32. The Morgan fingerprint density at radius 2 is 2.15 bits per heavy atom. The van der Waals surface area contributed by atoms with E-state index in [2.05, 4.69) is 20.2 Å². The average Bonchev–Trinajstić information content (AvgIpc) is 2.84. The molecule has 114 valence electrons. The molecule has 2 unspecified atom stereocenters. The van der Waals surface area contributed by atoms with Gasteiger partial charge < -0.3 is 4.90 Å². The Hall–Kier alpha value is -0.740. The Kier molecular flexibility index (Phi) is 4.65. The van der Waals surface area contributed by atoms with Gasteiger partial charge in [0, 0.05) is 36.8 Å². The number of nitrogens with zero attached hydrogens (tertiary/aromatic N) is 3. The highest BCUT2D eigenvalue weighted by Crippen LogP contribution is 2.35. The highest BCUT2D eigenvalue weighted by atomic mass is 32.1. The molecule has 5 nitrogen and oxygen atoms in total. The number of likely N-dealkylation sites (N-methyl/N-ethyl adjacent to an activating group) is 2. The lowest BCUT2D eigenvalue weighted by atomic mass is 10.0. The SMILES string of the molecule is CN1CCN(C)C(C(NN)c2cnc(C(F)(F)F)s2)C1. The Morgan fingerprint density at radius 3 is 2.70 bits per heavy atom. The molecule has 20 heavy (non-hydrogen) atoms. The Morgan fingerprint density at radius 1 is 1.45 bits per heavy atom. The molecular formula is C11H18F3N5S. The van der Waals surface area contributed by atoms with Crippen molar-refractivity contribution in [3.8, 4) is 0 Å². The summed E-state index contributed by atoms with van der Waals surface area (Å²) in [6.45, 7) is 2.52. The van der Waals surface area contributed by atoms with E-state index in [1.54, 1.807) is 0 Å². The molecule has 0 aromatic carbocycles. The number of thiazole rings is 1. The van der Waals surface area contributed by atoms with Gasteiger partial charge in [-0.25, -0.2) is 4.98 Å². The van der Waals surface area contributed by atoms with Crippen molar-refractivity contribution in [2.75, 3.05) is 33.7 Å². The monoisotopic (exact) mass is 309 g/mol. The molecular weight excluding hydrogens is 291 g/mol. The second kappa shape index (κ2) is 5.94. The number of nitrogens with one attached hydrogen (secondary N) is 1. The average molecular weight is 309 g/mol. The summed E-state index contributed by atoms with van der Waals surface area (Å²) in [6.07, 6.45) is -3.14. The Balaban J connectivity index is 2.21. The maximum atomic E-state index is 12.6. The van der Waals surface area contributed by atoms with Gasteiger partial charge in [0.15, 0.2) is 5.01 Å². The molecule has 0 radical (unpaired) electrons. The summed E-state index contributed by atoms with van der Waals surface area (Å²) >= 11 is 0.646. The number of hydrogen-bond acceptors (Lipinski definition) is 6. The lowest BCUT2D eigenvalue weighted by Gasteiger charge is -2.41. The van der Waals surface area contributed by atoms with E-state index in [1.807, 2.05) is 14.1 Å². The van der Waals surface area contributed by atoms with Crippen LogP contribution in [0.25, 0.3) is 0 Å². The minimum absolute atomic E-state index is 0.0142. The van der Waals surface area contributed by atoms with Crippen LogP contribution in [0.15, 0.2) is 6.20 Å². The van der Waals surface area contributed by atoms with Gasteiger partial charge in [0.1, 0.15) is 0 Å². The fourth-order valence-corrected chi connectivity index (χ4v) is 3.25. The summed E-state index contributed by atoms with van der Waals surface area (Å²) in [5, 5.41) is -0.834. The van der Waals surface area contributed by atoms with Crippen molar-refractivity contribution < 1.29 is 13.2 Å². The Labute approximate surface area is 119 Å². The summed E-state index contributed by atoms with van der Waals surface area (Å²) in [5.74, 6) is 5.56. The molecule has 0 bridgehead atoms. The quantitative estimate of drug-likeness (QED) is 0.642. The van der Waals surface area contributed by atoms with E-state index in [0.717, 1.165) is 19.6 Å². The van der Waals surface area contributed by atoms with Crippen LogP contribution in [0.3, 0.4) is 0 Å². The first kappa shape index (κ1) is 15.6. The molecule has 0 saturated carbocycles. The van der Waals surface area contributed by atoms with Gasteiger partial charge in [-0.15, -0.1) is 11.3 Å². The van der Waals surface area contributed by atoms with Crippen LogP contribution in [-0.2, 0) is 6.18 Å². The third kappa shape index (κ3) is 3.29. The topological polar surface area (TPSA) is 57.4 Å². The normalized spacial score (nSPS) is 24.0. The molecule has 2 atom stereocenters. The summed E-state index contributed by atoms with van der Waals surface area (Å²) in [5.41, 5.74) is 2.64. The smallest absolute Gasteiger partial charge is 0.303 e. The third-order valence-electron chi connectivity index (χ3n) is 3.54. The number of nitrogens with two attached hydrogens (primary N) is 1. The second-order valence-electron chi connectivity index (χ2n) is 5.02. The molecule has 2 heterocycles. The van der Waals surface area contributed by atoms with Gasteiger partial charge in [-0.2, -0.15) is 13.2 Å². The van der Waals surface area contributed by atoms with E-state index in [-0.39, 0.29) is 12.1 Å². The molecule has 1 aromatic rings. The molecule has 1 saturated heterocycles. The van der Waals surface area contributed by atoms with E-state index in [1.165, 1.54) is 6.20 Å². The molecule has 0 amide bonds. The molecule has 9 heteroatoms. The second-order valence-corrected chi connectivity index (χ2v) is 6.08. The van der Waals surface area contributed by atoms with Crippen LogP contribution >= 0.6 is 11.3 Å². The van der Waals surface area contributed by atoms with Crippen molar-refractivity contribution in [3.63, 3.8) is 0 Å². The highest BCUT2D eigenvalue weighted by molar-refractivity contribution is 7.11. The summed E-state index contributed by atoms with van der Waals surface area (Å²) in [6, 6.07) is -0.350. The number of hydrazine groups is 1. The maximum absolute atomic E-state index is 12.6. The lowest BCUT2D eigenvalue weighted by Crippen LogP contribution is -2.55. The highest BCUT2D eigenvalue weighted by Gasteiger charge is 2.37. The van der Waals surface area contributed by atoms with Gasteiger partial charge in [0.25, 0.3) is 0 Å². The summed E-state index contributed by atoms with van der Waals surface area (Å²) in [7, 11) is 3.94. The Bertz CT molecular complexity index is 450. The van der Waals surface area contributed by atoms with E-state index in [0.29, 0.717) is 16.2 Å². The van der Waals surface area contributed by atoms with Crippen LogP contribution in [0.1, 0.15) is 15.9 Å². The number of rotatable bonds is 3. The van der Waals surface area contributed by atoms with Crippen molar-refractivity contribution >= 4 is 11.3 Å². The number of alkyl halides is 3. The number of aromatic nitrogens is 1. The van der Waals surface area contributed by atoms with Crippen LogP contribution in [0, 0.1) is 0 Å². The minimum atomic E-state index is -4.41. The predicted molar refractivity (Wildman–Crippen MR) is 71.1 cm³/mol. The van der Waals surface area contributed by atoms with Crippen molar-refractivity contribution in [3.05, 3.63) is 16.1 Å². The van der Waals surface area contributed by atoms with Gasteiger partial charge in [-0.3, -0.25) is 16.2 Å². The minimum Gasteiger partial charge on any atom is -0.303 e. The van der Waals surface area contributed by atoms with Crippen LogP contribution in [0.2, 0.25) is 0 Å². The molecule has 1 aromatic heterocycles. The van der Waals surface area contributed by atoms with Crippen molar-refractivity contribution in [1.29, 1.82) is 0 Å². The number of piperazine rings is 1. The van der Waals surface area contributed by atoms with Crippen LogP contribution in [0.4, 0.5) is 13.2 Å². The van der Waals surface area contributed by atoms with Gasteiger partial charge in [-0.05, 0) is 14.1 Å². The van der Waals surface area contributed by atoms with E-state index in [9.17, 15) is 13.2 Å². The first-order valence-electron chi connectivity index (χ1n) is 6.20. The van der Waals surface area contributed by atoms with Crippen molar-refractivity contribution in [1.82, 2.24) is 20.2 Å². The molecule has 0 aliphatic carbocycles. The first-order valence-corrected chi connectivity index (χ1v) is 7.02. The van der Waals surface area contributed by atoms with Gasteiger partial charge in [-0.1, -0.05) is 0 Å². The van der Waals surface area contributed by atoms with E-state index in [4.69, 9.17) is 5.84 Å². The third-order valence-corrected chi connectivity index (χ3v) is 4.66. The van der Waals surface area contributed by atoms with E-state index < -0.39 is 11.2 Å². The number of hydrogen-bond donors (Lipinski definition) is 2.